The summed E-state index contributed by atoms with van der Waals surface area (Å²) in [5, 5.41) is -0.0236. The number of hydrogen-bond acceptors (Lipinski definition) is 7. The Hall–Kier alpha value is -0.983. The van der Waals surface area contributed by atoms with Gasteiger partial charge in [-0.15, -0.1) is 0 Å². The number of halogens is 1. The minimum atomic E-state index is -1.16. The van der Waals surface area contributed by atoms with Crippen LogP contribution in [0, 0.1) is 10.6 Å². The van der Waals surface area contributed by atoms with Crippen molar-refractivity contribution in [1.82, 2.24) is 14.4 Å². The highest BCUT2D eigenvalue weighted by molar-refractivity contribution is 14.1. The number of fused-ring (bicyclic) bond motifs is 1. The molecule has 146 valence electrons. The van der Waals surface area contributed by atoms with Crippen LogP contribution < -0.4 is 4.90 Å². The summed E-state index contributed by atoms with van der Waals surface area (Å²) in [5.41, 5.74) is 2.26. The lowest BCUT2D eigenvalue weighted by Crippen LogP contribution is -2.36. The molecule has 2 aromatic rings. The predicted molar refractivity (Wildman–Crippen MR) is 121 cm³/mol. The van der Waals surface area contributed by atoms with Crippen molar-refractivity contribution in [1.29, 1.82) is 0 Å². The molecule has 3 rings (SSSR count). The van der Waals surface area contributed by atoms with Crippen LogP contribution in [0.15, 0.2) is 16.8 Å². The third-order valence-corrected chi connectivity index (χ3v) is 7.71. The number of aldehydes is 1. The van der Waals surface area contributed by atoms with Gasteiger partial charge in [0.1, 0.15) is 15.8 Å². The second-order valence-corrected chi connectivity index (χ2v) is 15.4. The Bertz CT molecular complexity index is 867. The van der Waals surface area contributed by atoms with E-state index in [9.17, 15) is 4.79 Å². The Kier molecular flexibility index (Phi) is 6.59. The summed E-state index contributed by atoms with van der Waals surface area (Å²) in [6.45, 7) is 10.1. The molecule has 0 aromatic carbocycles. The van der Waals surface area contributed by atoms with E-state index in [4.69, 9.17) is 9.72 Å². The van der Waals surface area contributed by atoms with E-state index in [1.165, 1.54) is 11.9 Å². The molecule has 1 atom stereocenters. The number of imidazole rings is 1. The number of nitrogens with zero attached hydrogens (tertiary/aromatic N) is 5. The number of carbonyl (C=O) groups is 1. The molecule has 0 N–H and O–H groups in total. The standard InChI is InChI=1S/C17H24IN5O2SSi/c1-12-9-22-14(18)8-19-16(22)17(20-12)23(11-25-5-6-27(2,3)4)15-7-13(10-24)21-26-15/h8-10,15H,5-7,11H2,1-4H3. The van der Waals surface area contributed by atoms with E-state index < -0.39 is 8.07 Å². The summed E-state index contributed by atoms with van der Waals surface area (Å²) in [4.78, 5) is 22.5. The van der Waals surface area contributed by atoms with Crippen LogP contribution in [0.3, 0.4) is 0 Å². The number of aryl methyl sites for hydroxylation is 1. The van der Waals surface area contributed by atoms with E-state index in [2.05, 4.69) is 56.5 Å². The van der Waals surface area contributed by atoms with Crippen LogP contribution in [-0.2, 0) is 9.53 Å². The lowest BCUT2D eigenvalue weighted by atomic mass is 10.2. The first-order chi connectivity index (χ1) is 12.8. The van der Waals surface area contributed by atoms with Gasteiger partial charge in [-0.1, -0.05) is 19.6 Å². The zero-order chi connectivity index (χ0) is 19.6. The number of carbonyl (C=O) groups excluding carboxylic acids is 1. The molecular formula is C17H24IN5O2SSi. The van der Waals surface area contributed by atoms with Gasteiger partial charge < -0.3 is 9.64 Å². The van der Waals surface area contributed by atoms with Gasteiger partial charge in [-0.2, -0.15) is 0 Å². The molecule has 0 amide bonds. The van der Waals surface area contributed by atoms with Crippen molar-refractivity contribution >= 4 is 66.1 Å². The van der Waals surface area contributed by atoms with E-state index in [1.807, 2.05) is 23.7 Å². The molecule has 0 aliphatic carbocycles. The molecule has 0 saturated carbocycles. The first kappa shape index (κ1) is 20.7. The van der Waals surface area contributed by atoms with Crippen LogP contribution in [0.5, 0.6) is 0 Å². The molecule has 2 aromatic heterocycles. The summed E-state index contributed by atoms with van der Waals surface area (Å²) >= 11 is 3.66. The molecular weight excluding hydrogens is 493 g/mol. The summed E-state index contributed by atoms with van der Waals surface area (Å²) in [6.07, 6.45) is 5.22. The van der Waals surface area contributed by atoms with Gasteiger partial charge in [0.05, 0.1) is 17.6 Å². The molecule has 3 heterocycles. The largest absolute Gasteiger partial charge is 0.361 e. The minimum absolute atomic E-state index is 0.0236. The Labute approximate surface area is 178 Å². The number of anilines is 1. The van der Waals surface area contributed by atoms with Crippen LogP contribution in [0.25, 0.3) is 5.65 Å². The van der Waals surface area contributed by atoms with Gasteiger partial charge in [-0.05, 0) is 47.5 Å². The third-order valence-electron chi connectivity index (χ3n) is 4.21. The molecule has 1 aliphatic heterocycles. The van der Waals surface area contributed by atoms with Crippen molar-refractivity contribution in [3.05, 3.63) is 21.8 Å². The zero-order valence-electron chi connectivity index (χ0n) is 16.0. The molecule has 27 heavy (non-hydrogen) atoms. The number of aromatic nitrogens is 3. The van der Waals surface area contributed by atoms with Crippen LogP contribution in [-0.4, -0.2) is 53.2 Å². The maximum Gasteiger partial charge on any atom is 0.181 e. The van der Waals surface area contributed by atoms with Crippen LogP contribution in [0.1, 0.15) is 12.1 Å². The second kappa shape index (κ2) is 8.58. The van der Waals surface area contributed by atoms with E-state index >= 15 is 0 Å². The average Bonchev–Trinajstić information content (AvgIpc) is 3.21. The Morgan fingerprint density at radius 3 is 2.93 bits per heavy atom. The maximum atomic E-state index is 11.1. The van der Waals surface area contributed by atoms with Gasteiger partial charge in [0.15, 0.2) is 17.8 Å². The number of rotatable bonds is 8. The minimum Gasteiger partial charge on any atom is -0.361 e. The average molecular weight is 517 g/mol. The maximum absolute atomic E-state index is 11.1. The molecule has 0 fully saturated rings. The highest BCUT2D eigenvalue weighted by Gasteiger charge is 2.30. The lowest BCUT2D eigenvalue weighted by Gasteiger charge is -2.29. The lowest BCUT2D eigenvalue weighted by molar-refractivity contribution is -0.102. The van der Waals surface area contributed by atoms with Gasteiger partial charge in [0.2, 0.25) is 0 Å². The molecule has 7 nitrogen and oxygen atoms in total. The predicted octanol–water partition coefficient (Wildman–Crippen LogP) is 3.78. The third kappa shape index (κ3) is 5.09. The normalized spacial score (nSPS) is 17.4. The number of ether oxygens (including phenoxy) is 1. The monoisotopic (exact) mass is 517 g/mol. The van der Waals surface area contributed by atoms with Crippen molar-refractivity contribution in [2.75, 3.05) is 18.2 Å². The summed E-state index contributed by atoms with van der Waals surface area (Å²) in [7, 11) is -1.16. The van der Waals surface area contributed by atoms with Crippen molar-refractivity contribution < 1.29 is 9.53 Å². The first-order valence-electron chi connectivity index (χ1n) is 8.81. The fourth-order valence-corrected chi connectivity index (χ4v) is 4.85. The fourth-order valence-electron chi connectivity index (χ4n) is 2.69. The van der Waals surface area contributed by atoms with Crippen LogP contribution in [0.4, 0.5) is 5.82 Å². The van der Waals surface area contributed by atoms with Gasteiger partial charge >= 0.3 is 0 Å². The Balaban J connectivity index is 1.87. The Morgan fingerprint density at radius 2 is 2.26 bits per heavy atom. The molecule has 10 heteroatoms. The van der Waals surface area contributed by atoms with E-state index in [0.29, 0.717) is 18.9 Å². The van der Waals surface area contributed by atoms with Crippen molar-refractivity contribution in [2.24, 2.45) is 4.40 Å². The summed E-state index contributed by atoms with van der Waals surface area (Å²) < 4.78 is 13.4. The SMILES string of the molecule is Cc1cn2c(I)cnc2c(N(COCC[Si](C)(C)C)C2CC(C=O)=NS2)n1. The molecule has 0 bridgehead atoms. The van der Waals surface area contributed by atoms with E-state index in [-0.39, 0.29) is 5.37 Å². The fraction of sp³-hybridized carbons (Fsp3) is 0.529. The molecule has 1 aliphatic rings. The highest BCUT2D eigenvalue weighted by Crippen LogP contribution is 2.33. The Morgan fingerprint density at radius 1 is 1.48 bits per heavy atom. The molecule has 0 spiro atoms. The van der Waals surface area contributed by atoms with Gasteiger partial charge in [0.25, 0.3) is 0 Å². The highest BCUT2D eigenvalue weighted by atomic mass is 127. The molecule has 0 saturated heterocycles. The quantitative estimate of drug-likeness (QED) is 0.133. The van der Waals surface area contributed by atoms with E-state index in [1.54, 1.807) is 0 Å². The first-order valence-corrected chi connectivity index (χ1v) is 14.4. The van der Waals surface area contributed by atoms with Gasteiger partial charge in [-0.3, -0.25) is 9.20 Å². The van der Waals surface area contributed by atoms with E-state index in [0.717, 1.165) is 39.8 Å². The van der Waals surface area contributed by atoms with Gasteiger partial charge in [-0.25, -0.2) is 14.4 Å². The van der Waals surface area contributed by atoms with Crippen molar-refractivity contribution in [3.63, 3.8) is 0 Å². The summed E-state index contributed by atoms with van der Waals surface area (Å²) in [6, 6.07) is 1.10. The summed E-state index contributed by atoms with van der Waals surface area (Å²) in [5.74, 6) is 0.769. The van der Waals surface area contributed by atoms with Crippen molar-refractivity contribution in [2.45, 2.75) is 44.4 Å². The van der Waals surface area contributed by atoms with Gasteiger partial charge in [0, 0.05) is 27.3 Å². The van der Waals surface area contributed by atoms with Crippen LogP contribution in [0.2, 0.25) is 25.7 Å². The van der Waals surface area contributed by atoms with Crippen LogP contribution >= 0.6 is 34.5 Å². The zero-order valence-corrected chi connectivity index (χ0v) is 20.0. The topological polar surface area (TPSA) is 72.1 Å². The number of hydrogen-bond donors (Lipinski definition) is 0. The smallest absolute Gasteiger partial charge is 0.181 e. The van der Waals surface area contributed by atoms with Crippen molar-refractivity contribution in [3.8, 4) is 0 Å². The molecule has 0 radical (unpaired) electrons. The molecule has 1 unspecified atom stereocenters. The second-order valence-electron chi connectivity index (χ2n) is 7.76.